The Balaban J connectivity index is 0.000000396. The second-order valence-electron chi connectivity index (χ2n) is 5.24. The van der Waals surface area contributed by atoms with Crippen molar-refractivity contribution >= 4 is 0 Å². The molecule has 0 aromatic carbocycles. The van der Waals surface area contributed by atoms with Gasteiger partial charge in [0.25, 0.3) is 0 Å². The third-order valence-corrected chi connectivity index (χ3v) is 4.07. The van der Waals surface area contributed by atoms with Crippen LogP contribution < -0.4 is 17.2 Å². The molecule has 0 aromatic heterocycles. The van der Waals surface area contributed by atoms with Gasteiger partial charge in [0.2, 0.25) is 0 Å². The van der Waals surface area contributed by atoms with Crippen molar-refractivity contribution in [2.45, 2.75) is 45.4 Å². The highest BCUT2D eigenvalue weighted by Gasteiger charge is 2.37. The van der Waals surface area contributed by atoms with E-state index >= 15 is 0 Å². The molecule has 6 N–H and O–H groups in total. The van der Waals surface area contributed by atoms with Crippen molar-refractivity contribution in [1.82, 2.24) is 11.5 Å². The summed E-state index contributed by atoms with van der Waals surface area (Å²) in [5.41, 5.74) is 11.0. The molecule has 1 fully saturated rings. The summed E-state index contributed by atoms with van der Waals surface area (Å²) in [6.45, 7) is 5.41. The molecule has 20 heavy (non-hydrogen) atoms. The Kier molecular flexibility index (Phi) is 8.86. The van der Waals surface area contributed by atoms with Crippen molar-refractivity contribution in [3.8, 4) is 0 Å². The Labute approximate surface area is 123 Å². The minimum Gasteiger partial charge on any atom is -0.493 e. The normalized spacial score (nSPS) is 27.1. The molecule has 0 radical (unpaired) electrons. The van der Waals surface area contributed by atoms with Crippen LogP contribution in [0, 0.1) is 11.8 Å². The predicted octanol–water partition coefficient (Wildman–Crippen LogP) is 3.46. The van der Waals surface area contributed by atoms with Crippen molar-refractivity contribution in [2.75, 3.05) is 14.2 Å². The molecule has 0 aliphatic heterocycles. The number of methoxy groups -OCH3 is 1. The standard InChI is InChI=1S/C10H18N2.C6H10O.H3N/c1-12-10-5-3-8-6-7(8)2-4-9(10)11;1-4-6(5-2)7-3;/h7-8,12H,2-6,11H2,1H3;1,5H2,2-3H3;1H3/b10-9-;;/t7-,8+;;/m0../s1. The second-order valence-corrected chi connectivity index (χ2v) is 5.24. The molecule has 0 heterocycles. The van der Waals surface area contributed by atoms with E-state index in [4.69, 9.17) is 10.5 Å². The van der Waals surface area contributed by atoms with Crippen LogP contribution in [0.4, 0.5) is 0 Å². The maximum Gasteiger partial charge on any atom is 0.137 e. The first-order chi connectivity index (χ1) is 9.15. The summed E-state index contributed by atoms with van der Waals surface area (Å²) >= 11 is 0. The van der Waals surface area contributed by atoms with E-state index in [9.17, 15) is 0 Å². The van der Waals surface area contributed by atoms with Gasteiger partial charge in [0, 0.05) is 24.9 Å². The second kappa shape index (κ2) is 9.51. The van der Waals surface area contributed by atoms with Gasteiger partial charge in [0.1, 0.15) is 5.76 Å². The van der Waals surface area contributed by atoms with Gasteiger partial charge in [0.05, 0.1) is 7.11 Å². The average Bonchev–Trinajstić information content (AvgIpc) is 3.16. The summed E-state index contributed by atoms with van der Waals surface area (Å²) < 4.78 is 4.79. The fraction of sp³-hybridized carbons (Fsp3) is 0.688. The summed E-state index contributed by atoms with van der Waals surface area (Å²) in [5, 5.41) is 3.22. The monoisotopic (exact) mass is 281 g/mol. The van der Waals surface area contributed by atoms with Crippen LogP contribution in [0.3, 0.4) is 0 Å². The number of fused-ring (bicyclic) bond motifs is 1. The van der Waals surface area contributed by atoms with Crippen LogP contribution >= 0.6 is 0 Å². The molecule has 0 unspecified atom stereocenters. The van der Waals surface area contributed by atoms with Gasteiger partial charge < -0.3 is 21.9 Å². The van der Waals surface area contributed by atoms with Crippen LogP contribution in [-0.2, 0) is 4.74 Å². The third kappa shape index (κ3) is 5.72. The molecule has 116 valence electrons. The van der Waals surface area contributed by atoms with Gasteiger partial charge in [0.15, 0.2) is 0 Å². The van der Waals surface area contributed by atoms with Crippen molar-refractivity contribution in [3.63, 3.8) is 0 Å². The number of rotatable bonds is 3. The zero-order chi connectivity index (χ0) is 14.3. The first-order valence-electron chi connectivity index (χ1n) is 7.24. The molecule has 1 saturated carbocycles. The van der Waals surface area contributed by atoms with Crippen molar-refractivity contribution in [1.29, 1.82) is 0 Å². The number of hydrogen-bond acceptors (Lipinski definition) is 4. The topological polar surface area (TPSA) is 82.3 Å². The highest BCUT2D eigenvalue weighted by molar-refractivity contribution is 5.12. The molecular weight excluding hydrogens is 250 g/mol. The van der Waals surface area contributed by atoms with E-state index in [0.717, 1.165) is 36.1 Å². The Morgan fingerprint density at radius 3 is 2.40 bits per heavy atom. The molecule has 2 aliphatic rings. The molecule has 0 saturated heterocycles. The van der Waals surface area contributed by atoms with Crippen molar-refractivity contribution in [3.05, 3.63) is 29.5 Å². The molecule has 0 amide bonds. The molecule has 2 aliphatic carbocycles. The van der Waals surface area contributed by atoms with Gasteiger partial charge in [-0.2, -0.15) is 0 Å². The largest absolute Gasteiger partial charge is 0.493 e. The minimum absolute atomic E-state index is 0. The number of nitrogens with two attached hydrogens (primary N) is 1. The summed E-state index contributed by atoms with van der Waals surface area (Å²) in [7, 11) is 3.60. The molecule has 0 bridgehead atoms. The van der Waals surface area contributed by atoms with Crippen molar-refractivity contribution < 1.29 is 4.74 Å². The predicted molar refractivity (Wildman–Crippen MR) is 85.3 cm³/mol. The van der Waals surface area contributed by atoms with Gasteiger partial charge in [-0.3, -0.25) is 0 Å². The summed E-state index contributed by atoms with van der Waals surface area (Å²) in [5.74, 6) is 2.86. The summed E-state index contributed by atoms with van der Waals surface area (Å²) in [6.07, 6.45) is 7.29. The van der Waals surface area contributed by atoms with Crippen LogP contribution in [-0.4, -0.2) is 14.2 Å². The van der Waals surface area contributed by atoms with Gasteiger partial charge in [-0.25, -0.2) is 0 Å². The zero-order valence-electron chi connectivity index (χ0n) is 13.3. The van der Waals surface area contributed by atoms with E-state index in [2.05, 4.69) is 17.6 Å². The average molecular weight is 281 g/mol. The van der Waals surface area contributed by atoms with Gasteiger partial charge in [-0.1, -0.05) is 19.2 Å². The van der Waals surface area contributed by atoms with Crippen LogP contribution in [0.2, 0.25) is 0 Å². The summed E-state index contributed by atoms with van der Waals surface area (Å²) in [6, 6.07) is 0. The molecular formula is C16H31N3O. The van der Waals surface area contributed by atoms with Crippen LogP contribution in [0.25, 0.3) is 0 Å². The molecule has 0 aromatic rings. The lowest BCUT2D eigenvalue weighted by Crippen LogP contribution is -2.16. The Morgan fingerprint density at radius 1 is 1.40 bits per heavy atom. The smallest absolute Gasteiger partial charge is 0.137 e. The van der Waals surface area contributed by atoms with Gasteiger partial charge in [-0.05, 0) is 43.9 Å². The van der Waals surface area contributed by atoms with Crippen molar-refractivity contribution in [2.24, 2.45) is 17.6 Å². The van der Waals surface area contributed by atoms with Gasteiger partial charge >= 0.3 is 0 Å². The van der Waals surface area contributed by atoms with E-state index in [1.54, 1.807) is 7.11 Å². The van der Waals surface area contributed by atoms with E-state index in [1.165, 1.54) is 31.4 Å². The zero-order valence-corrected chi connectivity index (χ0v) is 13.3. The molecule has 4 heteroatoms. The molecule has 2 atom stereocenters. The molecule has 2 rings (SSSR count). The lowest BCUT2D eigenvalue weighted by Gasteiger charge is -2.14. The van der Waals surface area contributed by atoms with Crippen LogP contribution in [0.15, 0.2) is 29.5 Å². The highest BCUT2D eigenvalue weighted by atomic mass is 16.5. The number of nitrogens with one attached hydrogen (secondary N) is 1. The minimum atomic E-state index is 0. The first kappa shape index (κ1) is 18.6. The number of allylic oxidation sites excluding steroid dienone is 3. The van der Waals surface area contributed by atoms with E-state index < -0.39 is 0 Å². The fourth-order valence-electron chi connectivity index (χ4n) is 2.63. The van der Waals surface area contributed by atoms with Gasteiger partial charge in [-0.15, -0.1) is 0 Å². The maximum absolute atomic E-state index is 5.96. The SMILES string of the molecule is C=C=C(CC)OC.CN/C1=C(\N)CC[C@H]2C[C@H]2CC1.N. The van der Waals surface area contributed by atoms with E-state index in [1.807, 2.05) is 14.0 Å². The Hall–Kier alpha value is -1.38. The molecule has 0 spiro atoms. The van der Waals surface area contributed by atoms with E-state index in [-0.39, 0.29) is 6.15 Å². The number of hydrogen-bond donors (Lipinski definition) is 3. The quantitative estimate of drug-likeness (QED) is 0.546. The Morgan fingerprint density at radius 2 is 2.00 bits per heavy atom. The number of ether oxygens (including phenoxy) is 1. The van der Waals surface area contributed by atoms with E-state index in [0.29, 0.717) is 0 Å². The lowest BCUT2D eigenvalue weighted by molar-refractivity contribution is 0.282. The first-order valence-corrected chi connectivity index (χ1v) is 7.24. The lowest BCUT2D eigenvalue weighted by atomic mass is 10.0. The van der Waals surface area contributed by atoms with Crippen LogP contribution in [0.1, 0.15) is 45.4 Å². The third-order valence-electron chi connectivity index (χ3n) is 4.07. The van der Waals surface area contributed by atoms with Crippen LogP contribution in [0.5, 0.6) is 0 Å². The highest BCUT2D eigenvalue weighted by Crippen LogP contribution is 2.47. The molecule has 4 nitrogen and oxygen atoms in total. The Bertz CT molecular complexity index is 364. The maximum atomic E-state index is 5.96. The summed E-state index contributed by atoms with van der Waals surface area (Å²) in [4.78, 5) is 0. The fourth-order valence-corrected chi connectivity index (χ4v) is 2.63.